The Kier molecular flexibility index (Phi) is 7.31. The van der Waals surface area contributed by atoms with E-state index in [0.29, 0.717) is 12.3 Å². The number of hydrogen-bond donors (Lipinski definition) is 2. The van der Waals surface area contributed by atoms with Gasteiger partial charge in [0.2, 0.25) is 0 Å². The number of urea groups is 1. The Labute approximate surface area is 130 Å². The van der Waals surface area contributed by atoms with Crippen molar-refractivity contribution >= 4 is 23.8 Å². The predicted molar refractivity (Wildman–Crippen MR) is 83.3 cm³/mol. The molecule has 122 valence electrons. The third-order valence-corrected chi connectivity index (χ3v) is 5.21. The van der Waals surface area contributed by atoms with Gasteiger partial charge in [-0.05, 0) is 25.2 Å². The van der Waals surface area contributed by atoms with Crippen molar-refractivity contribution in [2.24, 2.45) is 5.92 Å². The van der Waals surface area contributed by atoms with Crippen LogP contribution in [-0.4, -0.2) is 69.4 Å². The van der Waals surface area contributed by atoms with Gasteiger partial charge in [-0.1, -0.05) is 13.8 Å². The van der Waals surface area contributed by atoms with Gasteiger partial charge in [0.05, 0.1) is 5.37 Å². The molecule has 1 rings (SSSR count). The number of aliphatic hydroxyl groups excluding tert-OH is 1. The number of aliphatic hydroxyl groups is 1. The van der Waals surface area contributed by atoms with E-state index in [0.717, 1.165) is 19.3 Å². The number of carboxylic acid groups (broad SMARTS) is 1. The average Bonchev–Trinajstić information content (AvgIpc) is 2.87. The summed E-state index contributed by atoms with van der Waals surface area (Å²) in [6, 6.07) is -0.954. The van der Waals surface area contributed by atoms with E-state index in [1.165, 1.54) is 16.7 Å². The zero-order valence-corrected chi connectivity index (χ0v) is 13.8. The number of carbonyl (C=O) groups excluding carboxylic acids is 1. The van der Waals surface area contributed by atoms with Crippen molar-refractivity contribution in [1.82, 2.24) is 9.80 Å². The van der Waals surface area contributed by atoms with Crippen LogP contribution in [0.3, 0.4) is 0 Å². The van der Waals surface area contributed by atoms with Crippen molar-refractivity contribution in [1.29, 1.82) is 0 Å². The Morgan fingerprint density at radius 1 is 1.33 bits per heavy atom. The summed E-state index contributed by atoms with van der Waals surface area (Å²) in [5, 5.41) is 18.0. The van der Waals surface area contributed by atoms with Gasteiger partial charge in [0.25, 0.3) is 0 Å². The van der Waals surface area contributed by atoms with Crippen molar-refractivity contribution in [2.45, 2.75) is 44.5 Å². The number of rotatable bonds is 7. The summed E-state index contributed by atoms with van der Waals surface area (Å²) >= 11 is 1.54. The first-order valence-corrected chi connectivity index (χ1v) is 8.43. The Morgan fingerprint density at radius 3 is 2.52 bits per heavy atom. The molecule has 6 nitrogen and oxygen atoms in total. The highest BCUT2D eigenvalue weighted by atomic mass is 32.2. The second kappa shape index (κ2) is 8.48. The highest BCUT2D eigenvalue weighted by molar-refractivity contribution is 8.00. The van der Waals surface area contributed by atoms with Gasteiger partial charge in [-0.15, -0.1) is 11.8 Å². The molecule has 2 unspecified atom stereocenters. The van der Waals surface area contributed by atoms with Crippen LogP contribution in [0, 0.1) is 5.92 Å². The molecule has 0 aromatic heterocycles. The molecule has 21 heavy (non-hydrogen) atoms. The number of carboxylic acids is 1. The lowest BCUT2D eigenvalue weighted by Gasteiger charge is -2.33. The van der Waals surface area contributed by atoms with Gasteiger partial charge in [0, 0.05) is 26.0 Å². The molecule has 0 bridgehead atoms. The summed E-state index contributed by atoms with van der Waals surface area (Å²) < 4.78 is 0. The largest absolute Gasteiger partial charge is 0.480 e. The first kappa shape index (κ1) is 18.1. The Balaban J connectivity index is 2.67. The highest BCUT2D eigenvalue weighted by Crippen LogP contribution is 2.34. The fraction of sp³-hybridized carbons (Fsp3) is 0.857. The average molecular weight is 318 g/mol. The Bertz CT molecular complexity index is 365. The van der Waals surface area contributed by atoms with E-state index in [1.54, 1.807) is 11.9 Å². The molecule has 1 aliphatic heterocycles. The maximum atomic E-state index is 12.6. The second-order valence-electron chi connectivity index (χ2n) is 5.72. The van der Waals surface area contributed by atoms with Crippen molar-refractivity contribution in [3.8, 4) is 0 Å². The topological polar surface area (TPSA) is 81.1 Å². The van der Waals surface area contributed by atoms with Gasteiger partial charge in [0.1, 0.15) is 6.04 Å². The van der Waals surface area contributed by atoms with E-state index in [4.69, 9.17) is 5.11 Å². The smallest absolute Gasteiger partial charge is 0.327 e. The normalized spacial score (nSPS) is 21.9. The molecule has 0 spiro atoms. The minimum absolute atomic E-state index is 0.0847. The predicted octanol–water partition coefficient (Wildman–Crippen LogP) is 1.68. The van der Waals surface area contributed by atoms with Gasteiger partial charge < -0.3 is 15.1 Å². The molecule has 0 aromatic rings. The molecule has 1 heterocycles. The van der Waals surface area contributed by atoms with Gasteiger partial charge in [-0.3, -0.25) is 4.90 Å². The summed E-state index contributed by atoms with van der Waals surface area (Å²) in [5.74, 6) is -0.277. The molecule has 0 aliphatic carbocycles. The second-order valence-corrected chi connectivity index (χ2v) is 6.87. The van der Waals surface area contributed by atoms with E-state index in [2.05, 4.69) is 0 Å². The van der Waals surface area contributed by atoms with Crippen molar-refractivity contribution < 1.29 is 19.8 Å². The molecule has 1 fully saturated rings. The third kappa shape index (κ3) is 4.78. The molecule has 2 amide bonds. The SMILES string of the molecule is CC(C)C1SCC(C(=O)O)N1C(=O)N(C)CCCCCO. The summed E-state index contributed by atoms with van der Waals surface area (Å²) in [6.45, 7) is 4.75. The zero-order valence-electron chi connectivity index (χ0n) is 13.0. The van der Waals surface area contributed by atoms with E-state index in [1.807, 2.05) is 13.8 Å². The van der Waals surface area contributed by atoms with Crippen LogP contribution in [0.5, 0.6) is 0 Å². The summed E-state index contributed by atoms with van der Waals surface area (Å²) in [4.78, 5) is 27.0. The number of hydrogen-bond acceptors (Lipinski definition) is 4. The van der Waals surface area contributed by atoms with Gasteiger partial charge in [-0.25, -0.2) is 9.59 Å². The molecule has 0 saturated carbocycles. The maximum Gasteiger partial charge on any atom is 0.327 e. The highest BCUT2D eigenvalue weighted by Gasteiger charge is 2.43. The first-order valence-electron chi connectivity index (χ1n) is 7.38. The van der Waals surface area contributed by atoms with Crippen LogP contribution < -0.4 is 0 Å². The first-order chi connectivity index (χ1) is 9.90. The van der Waals surface area contributed by atoms with Crippen LogP contribution in [-0.2, 0) is 4.79 Å². The van der Waals surface area contributed by atoms with Crippen LogP contribution >= 0.6 is 11.8 Å². The van der Waals surface area contributed by atoms with Crippen LogP contribution in [0.1, 0.15) is 33.1 Å². The number of amides is 2. The molecule has 7 heteroatoms. The monoisotopic (exact) mass is 318 g/mol. The quantitative estimate of drug-likeness (QED) is 0.698. The van der Waals surface area contributed by atoms with Crippen LogP contribution in [0.2, 0.25) is 0 Å². The molecular formula is C14H26N2O4S. The van der Waals surface area contributed by atoms with Crippen LogP contribution in [0.4, 0.5) is 4.79 Å². The van der Waals surface area contributed by atoms with E-state index < -0.39 is 12.0 Å². The maximum absolute atomic E-state index is 12.6. The Hall–Kier alpha value is -0.950. The van der Waals surface area contributed by atoms with Crippen LogP contribution in [0.15, 0.2) is 0 Å². The van der Waals surface area contributed by atoms with Crippen molar-refractivity contribution in [3.05, 3.63) is 0 Å². The lowest BCUT2D eigenvalue weighted by atomic mass is 10.1. The summed E-state index contributed by atoms with van der Waals surface area (Å²) in [6.07, 6.45) is 2.40. The molecule has 0 aromatic carbocycles. The van der Waals surface area contributed by atoms with E-state index in [-0.39, 0.29) is 23.9 Å². The number of aliphatic carboxylic acids is 1. The molecule has 0 radical (unpaired) electrons. The number of thioether (sulfide) groups is 1. The fourth-order valence-corrected chi connectivity index (χ4v) is 3.87. The zero-order chi connectivity index (χ0) is 16.0. The minimum atomic E-state index is -0.937. The number of nitrogens with zero attached hydrogens (tertiary/aromatic N) is 2. The van der Waals surface area contributed by atoms with E-state index in [9.17, 15) is 14.7 Å². The Morgan fingerprint density at radius 2 is 2.00 bits per heavy atom. The number of unbranched alkanes of at least 4 members (excludes halogenated alkanes) is 2. The third-order valence-electron chi connectivity index (χ3n) is 3.59. The molecule has 2 N–H and O–H groups in total. The van der Waals surface area contributed by atoms with Gasteiger partial charge in [0.15, 0.2) is 0 Å². The number of carbonyl (C=O) groups is 2. The summed E-state index contributed by atoms with van der Waals surface area (Å²) in [7, 11) is 1.71. The lowest BCUT2D eigenvalue weighted by Crippen LogP contribution is -2.52. The minimum Gasteiger partial charge on any atom is -0.480 e. The van der Waals surface area contributed by atoms with Crippen LogP contribution in [0.25, 0.3) is 0 Å². The van der Waals surface area contributed by atoms with E-state index >= 15 is 0 Å². The van der Waals surface area contributed by atoms with Gasteiger partial charge in [-0.2, -0.15) is 0 Å². The standard InChI is InChI=1S/C14H26N2O4S/c1-10(2)12-16(11(9-21-12)13(18)19)14(20)15(3)7-5-4-6-8-17/h10-12,17H,4-9H2,1-3H3,(H,18,19). The molecule has 2 atom stereocenters. The van der Waals surface area contributed by atoms with Crippen molar-refractivity contribution in [2.75, 3.05) is 26.0 Å². The molecule has 1 aliphatic rings. The summed E-state index contributed by atoms with van der Waals surface area (Å²) in [5.41, 5.74) is 0. The molecular weight excluding hydrogens is 292 g/mol. The lowest BCUT2D eigenvalue weighted by molar-refractivity contribution is -0.141. The molecule has 1 saturated heterocycles. The fourth-order valence-electron chi connectivity index (χ4n) is 2.40. The van der Waals surface area contributed by atoms with Crippen molar-refractivity contribution in [3.63, 3.8) is 0 Å². The van der Waals surface area contributed by atoms with Gasteiger partial charge >= 0.3 is 12.0 Å².